The van der Waals surface area contributed by atoms with E-state index in [1.165, 1.54) is 54.6 Å². The molecule has 0 atom stereocenters. The van der Waals surface area contributed by atoms with Crippen LogP contribution in [0.25, 0.3) is 16.9 Å². The van der Waals surface area contributed by atoms with E-state index in [2.05, 4.69) is 21.9 Å². The fourth-order valence-electron chi connectivity index (χ4n) is 4.63. The van der Waals surface area contributed by atoms with Gasteiger partial charge in [-0.25, -0.2) is 14.4 Å². The second-order valence-corrected chi connectivity index (χ2v) is 11.2. The number of cyclic esters (lactones) is 3. The van der Waals surface area contributed by atoms with Gasteiger partial charge in [0, 0.05) is 27.8 Å². The van der Waals surface area contributed by atoms with Gasteiger partial charge < -0.3 is 20.1 Å². The molecule has 44 heavy (non-hydrogen) atoms. The number of hydrogen-bond acceptors (Lipinski definition) is 7. The van der Waals surface area contributed by atoms with E-state index in [1.807, 2.05) is 0 Å². The van der Waals surface area contributed by atoms with Crippen LogP contribution >= 0.6 is 46.4 Å². The third-order valence-electron chi connectivity index (χ3n) is 6.82. The van der Waals surface area contributed by atoms with Gasteiger partial charge >= 0.3 is 17.9 Å². The van der Waals surface area contributed by atoms with Crippen molar-refractivity contribution in [3.8, 4) is 11.1 Å². The van der Waals surface area contributed by atoms with E-state index >= 15 is 0 Å². The molecule has 4 aromatic rings. The monoisotopic (exact) mass is 666 g/mol. The smallest absolute Gasteiger partial charge is 0.346 e. The molecule has 2 heterocycles. The van der Waals surface area contributed by atoms with Crippen molar-refractivity contribution in [1.29, 1.82) is 0 Å². The number of ether oxygens (including phenoxy) is 2. The van der Waals surface area contributed by atoms with Gasteiger partial charge in [-0.3, -0.25) is 9.59 Å². The lowest BCUT2D eigenvalue weighted by Gasteiger charge is -2.15. The lowest BCUT2D eigenvalue weighted by Crippen LogP contribution is -2.13. The van der Waals surface area contributed by atoms with E-state index in [1.54, 1.807) is 6.07 Å². The highest BCUT2D eigenvalue weighted by atomic mass is 35.5. The lowest BCUT2D eigenvalue weighted by atomic mass is 10.0. The third-order valence-corrected chi connectivity index (χ3v) is 8.08. The Bertz CT molecular complexity index is 1900. The first kappa shape index (κ1) is 29.4. The van der Waals surface area contributed by atoms with Gasteiger partial charge in [0.1, 0.15) is 5.76 Å². The van der Waals surface area contributed by atoms with E-state index in [4.69, 9.17) is 51.1 Å². The number of amides is 2. The van der Waals surface area contributed by atoms with Crippen LogP contribution in [0.5, 0.6) is 0 Å². The van der Waals surface area contributed by atoms with Crippen molar-refractivity contribution in [2.75, 3.05) is 10.6 Å². The summed E-state index contributed by atoms with van der Waals surface area (Å²) in [5.41, 5.74) is 2.19. The molecule has 6 rings (SSSR count). The van der Waals surface area contributed by atoms with E-state index in [-0.39, 0.29) is 65.0 Å². The number of esters is 3. The highest BCUT2D eigenvalue weighted by Crippen LogP contribution is 2.42. The second kappa shape index (κ2) is 11.1. The zero-order valence-electron chi connectivity index (χ0n) is 21.9. The lowest BCUT2D eigenvalue weighted by molar-refractivity contribution is 0.0442. The molecule has 2 amide bonds. The Morgan fingerprint density at radius 3 is 1.48 bits per heavy atom. The fraction of sp³-hybridized carbons (Fsp3) is 0. The Labute approximate surface area is 268 Å². The molecule has 0 saturated heterocycles. The fourth-order valence-corrected chi connectivity index (χ4v) is 5.59. The second-order valence-electron chi connectivity index (χ2n) is 9.54. The van der Waals surface area contributed by atoms with Crippen LogP contribution in [-0.2, 0) is 9.47 Å². The highest BCUT2D eigenvalue weighted by Gasteiger charge is 2.30. The molecule has 13 heteroatoms. The molecule has 218 valence electrons. The van der Waals surface area contributed by atoms with E-state index in [0.29, 0.717) is 16.7 Å². The van der Waals surface area contributed by atoms with Gasteiger partial charge in [0.05, 0.1) is 48.2 Å². The first-order valence-corrected chi connectivity index (χ1v) is 14.0. The van der Waals surface area contributed by atoms with Crippen molar-refractivity contribution in [3.63, 3.8) is 0 Å². The van der Waals surface area contributed by atoms with Crippen LogP contribution in [0.15, 0.2) is 67.2 Å². The molecule has 0 spiro atoms. The summed E-state index contributed by atoms with van der Waals surface area (Å²) < 4.78 is 9.54. The third kappa shape index (κ3) is 5.20. The Morgan fingerprint density at radius 1 is 0.523 bits per heavy atom. The van der Waals surface area contributed by atoms with Gasteiger partial charge in [-0.15, -0.1) is 0 Å². The van der Waals surface area contributed by atoms with Gasteiger partial charge in [0.2, 0.25) is 0 Å². The number of benzene rings is 4. The molecule has 2 aliphatic heterocycles. The number of carbonyl (C=O) groups excluding carboxylic acids is 5. The maximum Gasteiger partial charge on any atom is 0.346 e. The summed E-state index contributed by atoms with van der Waals surface area (Å²) in [7, 11) is 0. The number of hydrogen-bond donors (Lipinski definition) is 2. The molecule has 4 aromatic carbocycles. The van der Waals surface area contributed by atoms with Gasteiger partial charge in [-0.2, -0.15) is 0 Å². The molecule has 2 aliphatic rings. The number of rotatable bonds is 5. The van der Waals surface area contributed by atoms with Crippen LogP contribution in [0.1, 0.15) is 57.4 Å². The minimum Gasteiger partial charge on any atom is -0.423 e. The van der Waals surface area contributed by atoms with Crippen LogP contribution in [0, 0.1) is 0 Å². The quantitative estimate of drug-likeness (QED) is 0.163. The average molecular weight is 668 g/mol. The van der Waals surface area contributed by atoms with Crippen LogP contribution in [-0.4, -0.2) is 29.7 Å². The van der Waals surface area contributed by atoms with Gasteiger partial charge in [-0.05, 0) is 60.7 Å². The van der Waals surface area contributed by atoms with Crippen LogP contribution < -0.4 is 10.6 Å². The molecular formula is C31H14Cl4N2O7. The van der Waals surface area contributed by atoms with E-state index in [0.717, 1.165) is 0 Å². The van der Waals surface area contributed by atoms with Crippen molar-refractivity contribution in [2.45, 2.75) is 0 Å². The molecule has 0 aromatic heterocycles. The molecule has 2 N–H and O–H groups in total. The van der Waals surface area contributed by atoms with E-state index < -0.39 is 29.7 Å². The van der Waals surface area contributed by atoms with Crippen molar-refractivity contribution in [2.24, 2.45) is 0 Å². The maximum absolute atomic E-state index is 12.9. The van der Waals surface area contributed by atoms with Gasteiger partial charge in [0.25, 0.3) is 11.8 Å². The van der Waals surface area contributed by atoms with Crippen molar-refractivity contribution in [3.05, 3.63) is 121 Å². The number of carbonyl (C=O) groups is 5. The minimum atomic E-state index is -0.840. The van der Waals surface area contributed by atoms with Crippen LogP contribution in [0.4, 0.5) is 11.4 Å². The zero-order valence-corrected chi connectivity index (χ0v) is 24.9. The molecular weight excluding hydrogens is 654 g/mol. The number of nitrogens with one attached hydrogen (secondary N) is 2. The predicted molar refractivity (Wildman–Crippen MR) is 165 cm³/mol. The van der Waals surface area contributed by atoms with Crippen LogP contribution in [0.3, 0.4) is 0 Å². The predicted octanol–water partition coefficient (Wildman–Crippen LogP) is 7.92. The summed E-state index contributed by atoms with van der Waals surface area (Å²) in [5, 5.41) is 5.87. The highest BCUT2D eigenvalue weighted by molar-refractivity contribution is 6.41. The normalized spacial score (nSPS) is 13.3. The maximum atomic E-state index is 12.9. The SMILES string of the molecule is C=C1OC(=O)c2cc(C(=O)Nc3cc(Cl)c(-c4cc(Cl)c(NC(=O)c5ccc6c(c5)C(=O)OC6=O)cc4Cl)cc3Cl)ccc21. The topological polar surface area (TPSA) is 128 Å². The summed E-state index contributed by atoms with van der Waals surface area (Å²) in [6.07, 6.45) is 0. The van der Waals surface area contributed by atoms with Crippen molar-refractivity contribution < 1.29 is 33.4 Å². The first-order chi connectivity index (χ1) is 20.9. The average Bonchev–Trinajstić information content (AvgIpc) is 3.44. The summed E-state index contributed by atoms with van der Waals surface area (Å²) in [6.45, 7) is 3.66. The Morgan fingerprint density at radius 2 is 0.955 bits per heavy atom. The first-order valence-electron chi connectivity index (χ1n) is 12.5. The summed E-state index contributed by atoms with van der Waals surface area (Å²) >= 11 is 26.1. The molecule has 0 radical (unpaired) electrons. The number of fused-ring (bicyclic) bond motifs is 2. The number of anilines is 2. The molecule has 0 bridgehead atoms. The van der Waals surface area contributed by atoms with Crippen LogP contribution in [0.2, 0.25) is 20.1 Å². The standard InChI is InChI=1S/C31H14Cl4N2O7/c1-12-15-4-2-13(6-19(15)30(41)43-12)27(38)36-25-10-21(32)17(8-23(25)34)18-9-24(35)26(11-22(18)33)37-28(39)14-3-5-16-20(7-14)31(42)44-29(16)40/h2-11H,1H2,(H,36,38)(H,37,39). The molecule has 9 nitrogen and oxygen atoms in total. The van der Waals surface area contributed by atoms with Gasteiger partial charge in [0.15, 0.2) is 0 Å². The molecule has 0 unspecified atom stereocenters. The molecule has 0 fully saturated rings. The Hall–Kier alpha value is -4.67. The van der Waals surface area contributed by atoms with Crippen molar-refractivity contribution in [1.82, 2.24) is 0 Å². The molecule has 0 aliphatic carbocycles. The summed E-state index contributed by atoms with van der Waals surface area (Å²) in [4.78, 5) is 61.4. The van der Waals surface area contributed by atoms with E-state index in [9.17, 15) is 24.0 Å². The van der Waals surface area contributed by atoms with Crippen molar-refractivity contribution >= 4 is 93.3 Å². The Kier molecular flexibility index (Phi) is 7.43. The zero-order chi connectivity index (χ0) is 31.4. The summed E-state index contributed by atoms with van der Waals surface area (Å²) in [5.74, 6) is -3.17. The van der Waals surface area contributed by atoms with Gasteiger partial charge in [-0.1, -0.05) is 53.0 Å². The largest absolute Gasteiger partial charge is 0.423 e. The Balaban J connectivity index is 1.22. The molecule has 0 saturated carbocycles. The number of halogens is 4. The minimum absolute atomic E-state index is 0.0171. The summed E-state index contributed by atoms with van der Waals surface area (Å²) in [6, 6.07) is 14.2.